The molecule has 0 spiro atoms. The maximum absolute atomic E-state index is 12.8. The first-order valence-corrected chi connectivity index (χ1v) is 8.64. The minimum absolute atomic E-state index is 0.0700. The van der Waals surface area contributed by atoms with Gasteiger partial charge in [0.2, 0.25) is 17.7 Å². The van der Waals surface area contributed by atoms with Crippen LogP contribution in [0.25, 0.3) is 0 Å². The molecule has 0 unspecified atom stereocenters. The number of nitrogens with zero attached hydrogens (tertiary/aromatic N) is 1. The van der Waals surface area contributed by atoms with Crippen LogP contribution in [-0.4, -0.2) is 46.8 Å². The molecule has 0 bridgehead atoms. The maximum atomic E-state index is 12.8. The van der Waals surface area contributed by atoms with Crippen LogP contribution in [0.5, 0.6) is 0 Å². The molecule has 25 heavy (non-hydrogen) atoms. The van der Waals surface area contributed by atoms with Gasteiger partial charge in [0.05, 0.1) is 18.6 Å². The van der Waals surface area contributed by atoms with Crippen LogP contribution in [0, 0.1) is 0 Å². The minimum Gasteiger partial charge on any atom is -0.472 e. The normalized spacial score (nSPS) is 26.9. The topological polar surface area (TPSA) is 118 Å². The van der Waals surface area contributed by atoms with E-state index < -0.39 is 18.1 Å². The van der Waals surface area contributed by atoms with Crippen LogP contribution >= 0.6 is 0 Å². The highest BCUT2D eigenvalue weighted by molar-refractivity contribution is 5.94. The van der Waals surface area contributed by atoms with Crippen molar-refractivity contribution in [2.24, 2.45) is 5.73 Å². The Balaban J connectivity index is 1.63. The number of nitrogens with two attached hydrogens (primary N) is 1. The molecule has 2 fully saturated rings. The Labute approximate surface area is 146 Å². The predicted octanol–water partition coefficient (Wildman–Crippen LogP) is -0.119. The van der Waals surface area contributed by atoms with Crippen LogP contribution in [0.2, 0.25) is 0 Å². The summed E-state index contributed by atoms with van der Waals surface area (Å²) in [7, 11) is 0. The van der Waals surface area contributed by atoms with Crippen LogP contribution in [0.4, 0.5) is 0 Å². The molecule has 3 heterocycles. The summed E-state index contributed by atoms with van der Waals surface area (Å²) in [5.74, 6) is -0.709. The molecule has 2 saturated heterocycles. The van der Waals surface area contributed by atoms with E-state index in [9.17, 15) is 14.4 Å². The minimum atomic E-state index is -0.668. The molecule has 3 rings (SSSR count). The molecule has 0 saturated carbocycles. The lowest BCUT2D eigenvalue weighted by atomic mass is 9.97. The molecule has 4 N–H and O–H groups in total. The number of hydrogen-bond acceptors (Lipinski definition) is 5. The van der Waals surface area contributed by atoms with Gasteiger partial charge in [-0.25, -0.2) is 0 Å². The van der Waals surface area contributed by atoms with Gasteiger partial charge < -0.3 is 25.7 Å². The molecule has 0 radical (unpaired) electrons. The summed E-state index contributed by atoms with van der Waals surface area (Å²) in [6.07, 6.45) is 5.93. The Morgan fingerprint density at radius 3 is 2.80 bits per heavy atom. The van der Waals surface area contributed by atoms with Crippen LogP contribution in [-0.2, 0) is 20.9 Å². The first-order valence-electron chi connectivity index (χ1n) is 8.64. The van der Waals surface area contributed by atoms with Gasteiger partial charge in [0.1, 0.15) is 12.1 Å². The van der Waals surface area contributed by atoms with E-state index in [-0.39, 0.29) is 23.8 Å². The van der Waals surface area contributed by atoms with Crippen molar-refractivity contribution >= 4 is 17.7 Å². The molecule has 2 aliphatic heterocycles. The highest BCUT2D eigenvalue weighted by Crippen LogP contribution is 2.32. The summed E-state index contributed by atoms with van der Waals surface area (Å²) in [4.78, 5) is 38.8. The molecule has 8 nitrogen and oxygen atoms in total. The molecular formula is C17H24N4O4. The number of carbonyl (C=O) groups is 3. The molecule has 1 aromatic rings. The summed E-state index contributed by atoms with van der Waals surface area (Å²) < 4.78 is 4.98. The highest BCUT2D eigenvalue weighted by atomic mass is 16.3. The van der Waals surface area contributed by atoms with Crippen molar-refractivity contribution < 1.29 is 18.8 Å². The lowest BCUT2D eigenvalue weighted by molar-refractivity contribution is -0.146. The van der Waals surface area contributed by atoms with Crippen LogP contribution < -0.4 is 16.4 Å². The van der Waals surface area contributed by atoms with Crippen molar-refractivity contribution in [2.45, 2.75) is 63.3 Å². The van der Waals surface area contributed by atoms with Crippen molar-refractivity contribution in [3.63, 3.8) is 0 Å². The zero-order valence-electron chi connectivity index (χ0n) is 14.2. The molecule has 1 aromatic heterocycles. The first-order chi connectivity index (χ1) is 12.0. The van der Waals surface area contributed by atoms with Crippen LogP contribution in [0.1, 0.15) is 38.2 Å². The van der Waals surface area contributed by atoms with E-state index in [0.717, 1.165) is 18.4 Å². The quantitative estimate of drug-likeness (QED) is 0.686. The smallest absolute Gasteiger partial charge is 0.246 e. The standard InChI is InChI=1S/C17H24N4O4/c1-10(18)15(22)20-13-4-2-12-3-5-14(21(12)17(13)24)16(23)19-8-11-6-7-25-9-11/h6-7,9-10,12-14H,2-5,8,18H2,1H3,(H,19,23)(H,20,22)/t10-,12-,13-,14-/m0/s1. The predicted molar refractivity (Wildman–Crippen MR) is 89.0 cm³/mol. The fraction of sp³-hybridized carbons (Fsp3) is 0.588. The second kappa shape index (κ2) is 7.26. The lowest BCUT2D eigenvalue weighted by Crippen LogP contribution is -2.59. The number of hydrogen-bond donors (Lipinski definition) is 3. The molecule has 4 atom stereocenters. The average molecular weight is 348 g/mol. The average Bonchev–Trinajstić information content (AvgIpc) is 3.24. The summed E-state index contributed by atoms with van der Waals surface area (Å²) in [5, 5.41) is 5.55. The van der Waals surface area contributed by atoms with Crippen molar-refractivity contribution in [1.29, 1.82) is 0 Å². The van der Waals surface area contributed by atoms with E-state index in [1.54, 1.807) is 30.4 Å². The zero-order chi connectivity index (χ0) is 18.0. The van der Waals surface area contributed by atoms with Crippen LogP contribution in [0.3, 0.4) is 0 Å². The largest absolute Gasteiger partial charge is 0.472 e. The number of furan rings is 1. The van der Waals surface area contributed by atoms with E-state index in [1.165, 1.54) is 0 Å². The Hall–Kier alpha value is -2.35. The van der Waals surface area contributed by atoms with Crippen molar-refractivity contribution in [3.05, 3.63) is 24.2 Å². The molecular weight excluding hydrogens is 324 g/mol. The number of rotatable bonds is 5. The number of carbonyl (C=O) groups excluding carboxylic acids is 3. The second-order valence-electron chi connectivity index (χ2n) is 6.77. The Morgan fingerprint density at radius 1 is 1.36 bits per heavy atom. The number of nitrogens with one attached hydrogen (secondary N) is 2. The van der Waals surface area contributed by atoms with Gasteiger partial charge in [0.25, 0.3) is 0 Å². The van der Waals surface area contributed by atoms with E-state index in [2.05, 4.69) is 10.6 Å². The summed E-state index contributed by atoms with van der Waals surface area (Å²) in [5.41, 5.74) is 6.43. The number of amides is 3. The second-order valence-corrected chi connectivity index (χ2v) is 6.77. The Bertz CT molecular complexity index is 643. The van der Waals surface area contributed by atoms with Gasteiger partial charge in [-0.1, -0.05) is 0 Å². The molecule has 0 aromatic carbocycles. The number of piperidine rings is 1. The first kappa shape index (κ1) is 17.5. The Kier molecular flexibility index (Phi) is 5.08. The maximum Gasteiger partial charge on any atom is 0.246 e. The van der Waals surface area contributed by atoms with Gasteiger partial charge in [0, 0.05) is 18.2 Å². The van der Waals surface area contributed by atoms with Gasteiger partial charge in [0.15, 0.2) is 0 Å². The Morgan fingerprint density at radius 2 is 2.12 bits per heavy atom. The SMILES string of the molecule is C[C@H](N)C(=O)N[C@H]1CC[C@H]2CC[C@@H](C(=O)NCc3ccoc3)N2C1=O. The van der Waals surface area contributed by atoms with E-state index in [0.29, 0.717) is 19.4 Å². The third-order valence-corrected chi connectivity index (χ3v) is 4.92. The zero-order valence-corrected chi connectivity index (χ0v) is 14.2. The van der Waals surface area contributed by atoms with Gasteiger partial charge in [-0.2, -0.15) is 0 Å². The summed E-state index contributed by atoms with van der Waals surface area (Å²) >= 11 is 0. The third kappa shape index (κ3) is 3.68. The van der Waals surface area contributed by atoms with Gasteiger partial charge in [-0.3, -0.25) is 14.4 Å². The highest BCUT2D eigenvalue weighted by Gasteiger charge is 2.46. The van der Waals surface area contributed by atoms with Gasteiger partial charge in [-0.15, -0.1) is 0 Å². The third-order valence-electron chi connectivity index (χ3n) is 4.92. The van der Waals surface area contributed by atoms with E-state index >= 15 is 0 Å². The summed E-state index contributed by atoms with van der Waals surface area (Å²) in [6.45, 7) is 1.94. The lowest BCUT2D eigenvalue weighted by Gasteiger charge is -2.38. The van der Waals surface area contributed by atoms with E-state index in [4.69, 9.17) is 10.2 Å². The van der Waals surface area contributed by atoms with Gasteiger partial charge >= 0.3 is 0 Å². The molecule has 2 aliphatic rings. The summed E-state index contributed by atoms with van der Waals surface area (Å²) in [6, 6.07) is 0.0961. The van der Waals surface area contributed by atoms with Crippen molar-refractivity contribution in [1.82, 2.24) is 15.5 Å². The van der Waals surface area contributed by atoms with Crippen LogP contribution in [0.15, 0.2) is 23.0 Å². The van der Waals surface area contributed by atoms with Gasteiger partial charge in [-0.05, 0) is 38.7 Å². The number of fused-ring (bicyclic) bond motifs is 1. The van der Waals surface area contributed by atoms with Crippen molar-refractivity contribution in [2.75, 3.05) is 0 Å². The fourth-order valence-corrected chi connectivity index (χ4v) is 3.56. The molecule has 136 valence electrons. The molecule has 8 heteroatoms. The molecule has 0 aliphatic carbocycles. The fourth-order valence-electron chi connectivity index (χ4n) is 3.56. The molecule has 3 amide bonds. The monoisotopic (exact) mass is 348 g/mol. The van der Waals surface area contributed by atoms with E-state index in [1.807, 2.05) is 0 Å². The van der Waals surface area contributed by atoms with Crippen molar-refractivity contribution in [3.8, 4) is 0 Å².